The van der Waals surface area contributed by atoms with Crippen LogP contribution >= 0.6 is 22.9 Å². The molecule has 4 aromatic rings. The molecule has 1 N–H and O–H groups in total. The van der Waals surface area contributed by atoms with Crippen LogP contribution in [0.1, 0.15) is 22.7 Å². The fourth-order valence-electron chi connectivity index (χ4n) is 3.85. The largest absolute Gasteiger partial charge is 0.507 e. The van der Waals surface area contributed by atoms with Crippen molar-refractivity contribution < 1.29 is 19.1 Å². The lowest BCUT2D eigenvalue weighted by Gasteiger charge is -2.23. The SMILES string of the molecule is Cc1ccc(C2/C(=C(\O)c3ccc(Cl)cc3)C(=O)C(=O)N2c2nc3ccc(F)cc3s2)cc1. The Morgan fingerprint density at radius 1 is 1.06 bits per heavy atom. The molecule has 0 bridgehead atoms. The molecular formula is C25H16ClFN2O3S. The molecule has 3 aromatic carbocycles. The Morgan fingerprint density at radius 2 is 1.76 bits per heavy atom. The van der Waals surface area contributed by atoms with Gasteiger partial charge in [-0.25, -0.2) is 9.37 Å². The molecule has 33 heavy (non-hydrogen) atoms. The van der Waals surface area contributed by atoms with E-state index in [0.717, 1.165) is 16.9 Å². The average molecular weight is 479 g/mol. The summed E-state index contributed by atoms with van der Waals surface area (Å²) in [5.41, 5.74) is 2.47. The van der Waals surface area contributed by atoms with Crippen molar-refractivity contribution in [3.8, 4) is 0 Å². The van der Waals surface area contributed by atoms with Crippen LogP contribution in [0.15, 0.2) is 72.3 Å². The summed E-state index contributed by atoms with van der Waals surface area (Å²) in [6.45, 7) is 1.93. The van der Waals surface area contributed by atoms with E-state index in [4.69, 9.17) is 11.6 Å². The summed E-state index contributed by atoms with van der Waals surface area (Å²) in [6.07, 6.45) is 0. The molecule has 1 saturated heterocycles. The highest BCUT2D eigenvalue weighted by Gasteiger charge is 2.48. The third-order valence-electron chi connectivity index (χ3n) is 5.50. The van der Waals surface area contributed by atoms with Gasteiger partial charge in [-0.3, -0.25) is 14.5 Å². The second-order valence-corrected chi connectivity index (χ2v) is 9.14. The standard InChI is InChI=1S/C25H16ClFN2O3S/c1-13-2-4-14(5-3-13)21-20(22(30)15-6-8-16(26)9-7-15)23(31)24(32)29(21)25-28-18-11-10-17(27)12-19(18)33-25/h2-12,21,30H,1H3/b22-20+. The molecule has 5 rings (SSSR count). The normalized spacial score (nSPS) is 17.8. The number of aryl methyl sites for hydroxylation is 1. The van der Waals surface area contributed by atoms with Crippen LogP contribution < -0.4 is 4.90 Å². The van der Waals surface area contributed by atoms with Crippen molar-refractivity contribution in [2.45, 2.75) is 13.0 Å². The summed E-state index contributed by atoms with van der Waals surface area (Å²) >= 11 is 7.07. The molecular weight excluding hydrogens is 463 g/mol. The van der Waals surface area contributed by atoms with Gasteiger partial charge in [-0.15, -0.1) is 0 Å². The Labute approximate surface area is 197 Å². The van der Waals surface area contributed by atoms with Gasteiger partial charge in [-0.2, -0.15) is 0 Å². The number of aliphatic hydroxyl groups is 1. The molecule has 1 fully saturated rings. The fraction of sp³-hybridized carbons (Fsp3) is 0.0800. The zero-order valence-corrected chi connectivity index (χ0v) is 18.8. The van der Waals surface area contributed by atoms with Gasteiger partial charge in [-0.05, 0) is 55.0 Å². The predicted octanol–water partition coefficient (Wildman–Crippen LogP) is 6.02. The summed E-state index contributed by atoms with van der Waals surface area (Å²) in [5.74, 6) is -2.35. The van der Waals surface area contributed by atoms with Gasteiger partial charge in [0, 0.05) is 10.6 Å². The number of ketones is 1. The quantitative estimate of drug-likeness (QED) is 0.222. The van der Waals surface area contributed by atoms with Gasteiger partial charge < -0.3 is 5.11 Å². The third-order valence-corrected chi connectivity index (χ3v) is 6.77. The number of hydrogen-bond donors (Lipinski definition) is 1. The number of fused-ring (bicyclic) bond motifs is 1. The highest BCUT2D eigenvalue weighted by Crippen LogP contribution is 2.44. The Balaban J connectivity index is 1.73. The Kier molecular flexibility index (Phi) is 5.23. The number of carbonyl (C=O) groups is 2. The molecule has 1 unspecified atom stereocenters. The summed E-state index contributed by atoms with van der Waals surface area (Å²) in [5, 5.41) is 11.8. The van der Waals surface area contributed by atoms with E-state index in [9.17, 15) is 19.1 Å². The van der Waals surface area contributed by atoms with Crippen molar-refractivity contribution in [3.63, 3.8) is 0 Å². The van der Waals surface area contributed by atoms with Crippen LogP contribution in [-0.4, -0.2) is 21.8 Å². The van der Waals surface area contributed by atoms with E-state index in [1.807, 2.05) is 19.1 Å². The summed E-state index contributed by atoms with van der Waals surface area (Å²) in [7, 11) is 0. The van der Waals surface area contributed by atoms with Gasteiger partial charge >= 0.3 is 5.91 Å². The first kappa shape index (κ1) is 21.3. The van der Waals surface area contributed by atoms with Crippen LogP contribution in [0.2, 0.25) is 5.02 Å². The lowest BCUT2D eigenvalue weighted by Crippen LogP contribution is -2.29. The minimum absolute atomic E-state index is 0.0448. The van der Waals surface area contributed by atoms with Gasteiger partial charge in [0.2, 0.25) is 0 Å². The minimum atomic E-state index is -0.897. The van der Waals surface area contributed by atoms with Crippen LogP contribution in [0.3, 0.4) is 0 Å². The van der Waals surface area contributed by atoms with Crippen LogP contribution in [-0.2, 0) is 9.59 Å². The van der Waals surface area contributed by atoms with E-state index >= 15 is 0 Å². The van der Waals surface area contributed by atoms with Gasteiger partial charge in [0.25, 0.3) is 5.78 Å². The van der Waals surface area contributed by atoms with E-state index in [2.05, 4.69) is 4.98 Å². The molecule has 1 amide bonds. The Bertz CT molecular complexity index is 1450. The molecule has 0 radical (unpaired) electrons. The van der Waals surface area contributed by atoms with Crippen molar-refractivity contribution in [1.29, 1.82) is 0 Å². The van der Waals surface area contributed by atoms with Gasteiger partial charge in [-0.1, -0.05) is 52.8 Å². The molecule has 0 aliphatic carbocycles. The lowest BCUT2D eigenvalue weighted by atomic mass is 9.95. The molecule has 5 nitrogen and oxygen atoms in total. The molecule has 8 heteroatoms. The van der Waals surface area contributed by atoms with Crippen LogP contribution in [0.25, 0.3) is 16.0 Å². The van der Waals surface area contributed by atoms with E-state index in [1.165, 1.54) is 23.1 Å². The van der Waals surface area contributed by atoms with Crippen molar-refractivity contribution >= 4 is 55.7 Å². The predicted molar refractivity (Wildman–Crippen MR) is 127 cm³/mol. The molecule has 0 spiro atoms. The van der Waals surface area contributed by atoms with Gasteiger partial charge in [0.1, 0.15) is 11.6 Å². The van der Waals surface area contributed by atoms with E-state index in [1.54, 1.807) is 36.4 Å². The topological polar surface area (TPSA) is 70.5 Å². The highest BCUT2D eigenvalue weighted by atomic mass is 35.5. The maximum Gasteiger partial charge on any atom is 0.301 e. The zero-order chi connectivity index (χ0) is 23.3. The van der Waals surface area contributed by atoms with E-state index < -0.39 is 23.5 Å². The fourth-order valence-corrected chi connectivity index (χ4v) is 4.99. The summed E-state index contributed by atoms with van der Waals surface area (Å²) < 4.78 is 14.3. The molecule has 1 aliphatic heterocycles. The van der Waals surface area contributed by atoms with Crippen LogP contribution in [0.4, 0.5) is 9.52 Å². The number of anilines is 1. The molecule has 164 valence electrons. The number of thiazole rings is 1. The van der Waals surface area contributed by atoms with E-state index in [-0.39, 0.29) is 16.5 Å². The molecule has 0 saturated carbocycles. The van der Waals surface area contributed by atoms with Gasteiger partial charge in [0.15, 0.2) is 5.13 Å². The molecule has 1 aliphatic rings. The Morgan fingerprint density at radius 3 is 2.45 bits per heavy atom. The second-order valence-electron chi connectivity index (χ2n) is 7.70. The van der Waals surface area contributed by atoms with E-state index in [0.29, 0.717) is 26.4 Å². The summed E-state index contributed by atoms with van der Waals surface area (Å²) in [6, 6.07) is 16.9. The molecule has 1 aromatic heterocycles. The first-order valence-electron chi connectivity index (χ1n) is 10.0. The highest BCUT2D eigenvalue weighted by molar-refractivity contribution is 7.22. The van der Waals surface area contributed by atoms with Crippen LogP contribution in [0.5, 0.6) is 0 Å². The maximum atomic E-state index is 13.7. The number of amides is 1. The third kappa shape index (κ3) is 3.69. The second kappa shape index (κ2) is 8.10. The number of benzene rings is 3. The number of aromatic nitrogens is 1. The number of hydrogen-bond acceptors (Lipinski definition) is 5. The maximum absolute atomic E-state index is 13.7. The van der Waals surface area contributed by atoms with Gasteiger partial charge in [0.05, 0.1) is 21.8 Å². The van der Waals surface area contributed by atoms with Crippen molar-refractivity contribution in [2.24, 2.45) is 0 Å². The first-order chi connectivity index (χ1) is 15.8. The first-order valence-corrected chi connectivity index (χ1v) is 11.2. The molecule has 2 heterocycles. The van der Waals surface area contributed by atoms with Crippen molar-refractivity contribution in [2.75, 3.05) is 4.90 Å². The Hall–Kier alpha value is -3.55. The monoisotopic (exact) mass is 478 g/mol. The summed E-state index contributed by atoms with van der Waals surface area (Å²) in [4.78, 5) is 32.1. The molecule has 1 atom stereocenters. The average Bonchev–Trinajstić information content (AvgIpc) is 3.32. The smallest absolute Gasteiger partial charge is 0.301 e. The number of halogens is 2. The number of Topliss-reactive ketones (excluding diaryl/α,β-unsaturated/α-hetero) is 1. The van der Waals surface area contributed by atoms with Crippen molar-refractivity contribution in [3.05, 3.63) is 99.8 Å². The lowest BCUT2D eigenvalue weighted by molar-refractivity contribution is -0.132. The number of nitrogens with zero attached hydrogens (tertiary/aromatic N) is 2. The van der Waals surface area contributed by atoms with Crippen LogP contribution in [0, 0.1) is 12.7 Å². The number of rotatable bonds is 3. The number of aliphatic hydroxyl groups excluding tert-OH is 1. The minimum Gasteiger partial charge on any atom is -0.507 e. The zero-order valence-electron chi connectivity index (χ0n) is 17.3. The number of carbonyl (C=O) groups excluding carboxylic acids is 2. The van der Waals surface area contributed by atoms with Crippen molar-refractivity contribution in [1.82, 2.24) is 4.98 Å².